The van der Waals surface area contributed by atoms with Gasteiger partial charge >= 0.3 is 0 Å². The molecule has 2 amide bonds. The van der Waals surface area contributed by atoms with Gasteiger partial charge in [-0.05, 0) is 49.6 Å². The van der Waals surface area contributed by atoms with Crippen LogP contribution in [0.4, 0.5) is 0 Å². The summed E-state index contributed by atoms with van der Waals surface area (Å²) in [6, 6.07) is 14.6. The summed E-state index contributed by atoms with van der Waals surface area (Å²) in [4.78, 5) is 30.0. The van der Waals surface area contributed by atoms with Gasteiger partial charge in [0.1, 0.15) is 11.9 Å². The van der Waals surface area contributed by atoms with Crippen molar-refractivity contribution in [2.24, 2.45) is 7.05 Å². The molecule has 3 rings (SSSR count). The van der Waals surface area contributed by atoms with Crippen LogP contribution in [-0.4, -0.2) is 39.4 Å². The molecular formula is C22H26N4O2S. The number of aromatic nitrogens is 2. The van der Waals surface area contributed by atoms with Crippen LogP contribution in [0.25, 0.3) is 11.0 Å². The molecule has 29 heavy (non-hydrogen) atoms. The van der Waals surface area contributed by atoms with Crippen molar-refractivity contribution in [3.05, 3.63) is 65.5 Å². The number of aryl methyl sites for hydroxylation is 2. The van der Waals surface area contributed by atoms with E-state index in [9.17, 15) is 9.59 Å². The summed E-state index contributed by atoms with van der Waals surface area (Å²) in [7, 11) is 1.93. The number of hydrogen-bond acceptors (Lipinski definition) is 4. The lowest BCUT2D eigenvalue weighted by molar-refractivity contribution is -0.123. The second-order valence-electron chi connectivity index (χ2n) is 6.97. The van der Waals surface area contributed by atoms with Gasteiger partial charge in [-0.15, -0.1) is 0 Å². The number of imidazole rings is 1. The smallest absolute Gasteiger partial charge is 0.251 e. The van der Waals surface area contributed by atoms with Crippen LogP contribution in [-0.2, 0) is 18.4 Å². The van der Waals surface area contributed by atoms with E-state index in [1.807, 2.05) is 67.3 Å². The molecule has 0 bridgehead atoms. The maximum atomic E-state index is 12.8. The van der Waals surface area contributed by atoms with Crippen molar-refractivity contribution in [2.75, 3.05) is 12.0 Å². The molecule has 0 fully saturated rings. The first-order valence-corrected chi connectivity index (χ1v) is 10.9. The van der Waals surface area contributed by atoms with Crippen molar-refractivity contribution in [1.29, 1.82) is 0 Å². The number of nitrogens with one attached hydrogen (secondary N) is 2. The van der Waals surface area contributed by atoms with Crippen molar-refractivity contribution in [3.8, 4) is 0 Å². The normalized spacial score (nSPS) is 12.0. The van der Waals surface area contributed by atoms with Gasteiger partial charge < -0.3 is 15.2 Å². The van der Waals surface area contributed by atoms with Gasteiger partial charge in [0.15, 0.2) is 0 Å². The highest BCUT2D eigenvalue weighted by Gasteiger charge is 2.21. The van der Waals surface area contributed by atoms with Crippen molar-refractivity contribution in [1.82, 2.24) is 20.2 Å². The number of fused-ring (bicyclic) bond motifs is 1. The van der Waals surface area contributed by atoms with E-state index in [1.54, 1.807) is 17.8 Å². The average Bonchev–Trinajstić information content (AvgIpc) is 3.05. The van der Waals surface area contributed by atoms with Gasteiger partial charge in [-0.25, -0.2) is 4.98 Å². The summed E-state index contributed by atoms with van der Waals surface area (Å²) < 4.78 is 1.97. The predicted molar refractivity (Wildman–Crippen MR) is 118 cm³/mol. The van der Waals surface area contributed by atoms with E-state index in [0.29, 0.717) is 18.5 Å². The quantitative estimate of drug-likeness (QED) is 0.598. The fraction of sp³-hybridized carbons (Fsp3) is 0.318. The highest BCUT2D eigenvalue weighted by atomic mass is 32.2. The van der Waals surface area contributed by atoms with Gasteiger partial charge in [0.05, 0.1) is 17.6 Å². The number of nitrogens with zero attached hydrogens (tertiary/aromatic N) is 2. The molecule has 1 atom stereocenters. The Morgan fingerprint density at radius 3 is 2.69 bits per heavy atom. The molecule has 0 radical (unpaired) electrons. The van der Waals surface area contributed by atoms with E-state index in [2.05, 4.69) is 15.6 Å². The standard InChI is InChI=1S/C22H26N4O2S/c1-15-7-6-8-16(13-15)21(27)25-18(11-12-29-3)22(28)23-14-20-24-17-9-4-5-10-19(17)26(20)2/h4-10,13,18H,11-12,14H2,1-3H3,(H,23,28)(H,25,27). The Balaban J connectivity index is 1.68. The molecule has 3 aromatic rings. The van der Waals surface area contributed by atoms with Crippen LogP contribution < -0.4 is 10.6 Å². The van der Waals surface area contributed by atoms with Crippen LogP contribution in [0.15, 0.2) is 48.5 Å². The number of carbonyl (C=O) groups excluding carboxylic acids is 2. The molecule has 2 N–H and O–H groups in total. The molecule has 0 saturated heterocycles. The zero-order valence-electron chi connectivity index (χ0n) is 16.9. The fourth-order valence-electron chi connectivity index (χ4n) is 3.18. The molecule has 7 heteroatoms. The minimum atomic E-state index is -0.592. The Labute approximate surface area is 175 Å². The molecule has 0 aliphatic rings. The first-order valence-electron chi connectivity index (χ1n) is 9.54. The van der Waals surface area contributed by atoms with E-state index in [0.717, 1.165) is 28.2 Å². The molecule has 0 spiro atoms. The van der Waals surface area contributed by atoms with Crippen LogP contribution in [0, 0.1) is 6.92 Å². The Bertz CT molecular complexity index is 1010. The Hall–Kier alpha value is -2.80. The topological polar surface area (TPSA) is 76.0 Å². The number of amides is 2. The fourth-order valence-corrected chi connectivity index (χ4v) is 3.65. The van der Waals surface area contributed by atoms with Crippen LogP contribution in [0.3, 0.4) is 0 Å². The molecule has 2 aromatic carbocycles. The summed E-state index contributed by atoms with van der Waals surface area (Å²) in [5, 5.41) is 5.81. The van der Waals surface area contributed by atoms with E-state index >= 15 is 0 Å². The molecule has 1 unspecified atom stereocenters. The zero-order chi connectivity index (χ0) is 20.8. The molecule has 6 nitrogen and oxygen atoms in total. The van der Waals surface area contributed by atoms with E-state index in [-0.39, 0.29) is 11.8 Å². The largest absolute Gasteiger partial charge is 0.347 e. The molecule has 152 valence electrons. The van der Waals surface area contributed by atoms with Gasteiger partial charge in [0.2, 0.25) is 5.91 Å². The molecule has 1 heterocycles. The third kappa shape index (κ3) is 5.17. The maximum Gasteiger partial charge on any atom is 0.251 e. The summed E-state index contributed by atoms with van der Waals surface area (Å²) in [6.07, 6.45) is 2.55. The van der Waals surface area contributed by atoms with Gasteiger partial charge in [0, 0.05) is 12.6 Å². The Kier molecular flexibility index (Phi) is 6.93. The highest BCUT2D eigenvalue weighted by Crippen LogP contribution is 2.14. The third-order valence-corrected chi connectivity index (χ3v) is 5.46. The van der Waals surface area contributed by atoms with Crippen LogP contribution >= 0.6 is 11.8 Å². The van der Waals surface area contributed by atoms with Crippen molar-refractivity contribution in [3.63, 3.8) is 0 Å². The highest BCUT2D eigenvalue weighted by molar-refractivity contribution is 7.98. The summed E-state index contributed by atoms with van der Waals surface area (Å²) in [5.74, 6) is 1.11. The van der Waals surface area contributed by atoms with Crippen molar-refractivity contribution >= 4 is 34.6 Å². The zero-order valence-corrected chi connectivity index (χ0v) is 17.8. The molecule has 0 saturated carbocycles. The van der Waals surface area contributed by atoms with Crippen LogP contribution in [0.5, 0.6) is 0 Å². The van der Waals surface area contributed by atoms with E-state index in [1.165, 1.54) is 0 Å². The Morgan fingerprint density at radius 1 is 1.17 bits per heavy atom. The van der Waals surface area contributed by atoms with Crippen molar-refractivity contribution < 1.29 is 9.59 Å². The molecule has 1 aromatic heterocycles. The second-order valence-corrected chi connectivity index (χ2v) is 7.96. The van der Waals surface area contributed by atoms with Gasteiger partial charge in [-0.2, -0.15) is 11.8 Å². The lowest BCUT2D eigenvalue weighted by atomic mass is 10.1. The Morgan fingerprint density at radius 2 is 1.97 bits per heavy atom. The number of carbonyl (C=O) groups is 2. The van der Waals surface area contributed by atoms with Gasteiger partial charge in [-0.3, -0.25) is 9.59 Å². The van der Waals surface area contributed by atoms with Crippen LogP contribution in [0.2, 0.25) is 0 Å². The van der Waals surface area contributed by atoms with Crippen molar-refractivity contribution in [2.45, 2.75) is 25.9 Å². The summed E-state index contributed by atoms with van der Waals surface area (Å²) in [5.41, 5.74) is 3.47. The maximum absolute atomic E-state index is 12.8. The second kappa shape index (κ2) is 9.60. The SMILES string of the molecule is CSCCC(NC(=O)c1cccc(C)c1)C(=O)NCc1nc2ccccc2n1C. The number of benzene rings is 2. The summed E-state index contributed by atoms with van der Waals surface area (Å²) in [6.45, 7) is 2.24. The molecule has 0 aliphatic carbocycles. The first kappa shape index (κ1) is 20.9. The average molecular weight is 411 g/mol. The number of hydrogen-bond donors (Lipinski definition) is 2. The summed E-state index contributed by atoms with van der Waals surface area (Å²) >= 11 is 1.64. The lowest BCUT2D eigenvalue weighted by Gasteiger charge is -2.18. The van der Waals surface area contributed by atoms with Crippen LogP contribution in [0.1, 0.15) is 28.2 Å². The molecular weight excluding hydrogens is 384 g/mol. The first-order chi connectivity index (χ1) is 14.0. The minimum absolute atomic E-state index is 0.202. The number of para-hydroxylation sites is 2. The molecule has 0 aliphatic heterocycles. The van der Waals surface area contributed by atoms with Gasteiger partial charge in [0.25, 0.3) is 5.91 Å². The van der Waals surface area contributed by atoms with Gasteiger partial charge in [-0.1, -0.05) is 29.8 Å². The van der Waals surface area contributed by atoms with E-state index in [4.69, 9.17) is 0 Å². The third-order valence-electron chi connectivity index (χ3n) is 4.81. The lowest BCUT2D eigenvalue weighted by Crippen LogP contribution is -2.47. The van der Waals surface area contributed by atoms with E-state index < -0.39 is 6.04 Å². The monoisotopic (exact) mass is 410 g/mol. The number of rotatable bonds is 8. The minimum Gasteiger partial charge on any atom is -0.347 e. The predicted octanol–water partition coefficient (Wildman–Crippen LogP) is 3.05. The number of thioether (sulfide) groups is 1.